The number of pyridine rings is 1. The van der Waals surface area contributed by atoms with Gasteiger partial charge in [0, 0.05) is 25.5 Å². The third-order valence-corrected chi connectivity index (χ3v) is 1.53. The predicted octanol–water partition coefficient (Wildman–Crippen LogP) is 1.27. The fourth-order valence-electron chi connectivity index (χ4n) is 0.866. The lowest BCUT2D eigenvalue weighted by Crippen LogP contribution is -2.01. The highest BCUT2D eigenvalue weighted by Gasteiger charge is 1.97. The lowest BCUT2D eigenvalue weighted by atomic mass is 10.3. The zero-order valence-electron chi connectivity index (χ0n) is 8.27. The Morgan fingerprint density at radius 1 is 1.57 bits per heavy atom. The normalized spacial score (nSPS) is 12.0. The molecule has 4 heteroatoms. The fraction of sp³-hybridized carbons (Fsp3) is 0.200. The second-order valence-electron chi connectivity index (χ2n) is 2.73. The van der Waals surface area contributed by atoms with Gasteiger partial charge in [0.1, 0.15) is 0 Å². The van der Waals surface area contributed by atoms with Crippen molar-refractivity contribution in [1.29, 1.82) is 0 Å². The van der Waals surface area contributed by atoms with Crippen LogP contribution in [-0.2, 0) is 0 Å². The van der Waals surface area contributed by atoms with Gasteiger partial charge in [-0.05, 0) is 12.5 Å². The van der Waals surface area contributed by atoms with E-state index in [2.05, 4.69) is 9.98 Å². The van der Waals surface area contributed by atoms with E-state index in [0.717, 1.165) is 5.56 Å². The SMILES string of the molecule is CN=C/C(=C\N)Oc1ccc(C)cn1. The molecule has 0 amide bonds. The van der Waals surface area contributed by atoms with Gasteiger partial charge < -0.3 is 10.5 Å². The Morgan fingerprint density at radius 3 is 2.86 bits per heavy atom. The fourth-order valence-corrected chi connectivity index (χ4v) is 0.866. The van der Waals surface area contributed by atoms with E-state index in [1.54, 1.807) is 19.3 Å². The molecule has 0 aliphatic heterocycles. The summed E-state index contributed by atoms with van der Waals surface area (Å²) < 4.78 is 5.33. The molecule has 4 nitrogen and oxygen atoms in total. The number of hydrogen-bond donors (Lipinski definition) is 1. The van der Waals surface area contributed by atoms with Crippen LogP contribution in [0.1, 0.15) is 5.56 Å². The lowest BCUT2D eigenvalue weighted by molar-refractivity contribution is 0.437. The minimum atomic E-state index is 0.476. The minimum Gasteiger partial charge on any atom is -0.436 e. The number of ether oxygens (including phenoxy) is 1. The van der Waals surface area contributed by atoms with Crippen LogP contribution in [0.5, 0.6) is 5.88 Å². The summed E-state index contributed by atoms with van der Waals surface area (Å²) in [5.74, 6) is 0.982. The Labute approximate surface area is 83.1 Å². The summed E-state index contributed by atoms with van der Waals surface area (Å²) in [5.41, 5.74) is 6.41. The van der Waals surface area contributed by atoms with Crippen molar-refractivity contribution in [2.45, 2.75) is 6.92 Å². The number of nitrogens with two attached hydrogens (primary N) is 1. The van der Waals surface area contributed by atoms with Crippen LogP contribution < -0.4 is 10.5 Å². The first-order chi connectivity index (χ1) is 6.76. The van der Waals surface area contributed by atoms with Crippen LogP contribution in [-0.4, -0.2) is 18.2 Å². The van der Waals surface area contributed by atoms with Crippen molar-refractivity contribution in [2.75, 3.05) is 7.05 Å². The highest BCUT2D eigenvalue weighted by Crippen LogP contribution is 2.09. The van der Waals surface area contributed by atoms with Crippen LogP contribution in [0.25, 0.3) is 0 Å². The van der Waals surface area contributed by atoms with Gasteiger partial charge in [-0.2, -0.15) is 0 Å². The Bertz CT molecular complexity index is 341. The van der Waals surface area contributed by atoms with Crippen molar-refractivity contribution >= 4 is 6.21 Å². The van der Waals surface area contributed by atoms with Crippen LogP contribution in [0.3, 0.4) is 0 Å². The van der Waals surface area contributed by atoms with E-state index >= 15 is 0 Å². The number of rotatable bonds is 3. The molecule has 0 saturated carbocycles. The van der Waals surface area contributed by atoms with Crippen LogP contribution in [0.4, 0.5) is 0 Å². The van der Waals surface area contributed by atoms with Gasteiger partial charge in [-0.1, -0.05) is 6.07 Å². The van der Waals surface area contributed by atoms with Gasteiger partial charge >= 0.3 is 0 Å². The number of aromatic nitrogens is 1. The number of aliphatic imine (C=N–C) groups is 1. The van der Waals surface area contributed by atoms with Crippen molar-refractivity contribution in [1.82, 2.24) is 4.98 Å². The summed E-state index contributed by atoms with van der Waals surface area (Å²) in [6.07, 6.45) is 4.60. The third-order valence-electron chi connectivity index (χ3n) is 1.53. The Balaban J connectivity index is 2.73. The average Bonchev–Trinajstić information content (AvgIpc) is 2.20. The molecule has 2 N–H and O–H groups in total. The van der Waals surface area contributed by atoms with Crippen molar-refractivity contribution in [3.8, 4) is 5.88 Å². The first kappa shape index (κ1) is 10.2. The van der Waals surface area contributed by atoms with Crippen LogP contribution in [0.15, 0.2) is 35.3 Å². The highest BCUT2D eigenvalue weighted by atomic mass is 16.5. The van der Waals surface area contributed by atoms with Crippen LogP contribution >= 0.6 is 0 Å². The van der Waals surface area contributed by atoms with Crippen molar-refractivity contribution < 1.29 is 4.74 Å². The van der Waals surface area contributed by atoms with Crippen molar-refractivity contribution in [3.05, 3.63) is 35.9 Å². The number of hydrogen-bond acceptors (Lipinski definition) is 4. The molecule has 14 heavy (non-hydrogen) atoms. The van der Waals surface area contributed by atoms with E-state index in [1.165, 1.54) is 12.4 Å². The van der Waals surface area contributed by atoms with Crippen molar-refractivity contribution in [3.63, 3.8) is 0 Å². The molecule has 1 rings (SSSR count). The number of nitrogens with zero attached hydrogens (tertiary/aromatic N) is 2. The molecule has 0 aliphatic carbocycles. The van der Waals surface area contributed by atoms with E-state index in [9.17, 15) is 0 Å². The van der Waals surface area contributed by atoms with E-state index in [4.69, 9.17) is 10.5 Å². The van der Waals surface area contributed by atoms with E-state index in [1.807, 2.05) is 13.0 Å². The molecule has 0 atom stereocenters. The van der Waals surface area contributed by atoms with E-state index < -0.39 is 0 Å². The van der Waals surface area contributed by atoms with Gasteiger partial charge in [-0.3, -0.25) is 4.99 Å². The molecule has 0 fully saturated rings. The summed E-state index contributed by atoms with van der Waals surface area (Å²) in [7, 11) is 1.65. The molecule has 1 aromatic heterocycles. The zero-order valence-corrected chi connectivity index (χ0v) is 8.27. The van der Waals surface area contributed by atoms with E-state index in [0.29, 0.717) is 11.6 Å². The first-order valence-corrected chi connectivity index (χ1v) is 4.21. The van der Waals surface area contributed by atoms with Gasteiger partial charge in [-0.15, -0.1) is 0 Å². The minimum absolute atomic E-state index is 0.476. The lowest BCUT2D eigenvalue weighted by Gasteiger charge is -2.03. The molecule has 1 aromatic rings. The maximum atomic E-state index is 5.33. The zero-order chi connectivity index (χ0) is 10.4. The number of aryl methyl sites for hydroxylation is 1. The van der Waals surface area contributed by atoms with Crippen LogP contribution in [0.2, 0.25) is 0 Å². The molecule has 1 heterocycles. The Hall–Kier alpha value is -1.84. The molecule has 0 saturated heterocycles. The monoisotopic (exact) mass is 191 g/mol. The van der Waals surface area contributed by atoms with Gasteiger partial charge in [0.25, 0.3) is 0 Å². The molecule has 0 radical (unpaired) electrons. The third kappa shape index (κ3) is 2.90. The quantitative estimate of drug-likeness (QED) is 0.578. The van der Waals surface area contributed by atoms with Crippen LogP contribution in [0, 0.1) is 6.92 Å². The molecule has 74 valence electrons. The standard InChI is InChI=1S/C10H13N3O/c1-8-3-4-10(13-6-8)14-9(5-11)7-12-2/h3-7H,11H2,1-2H3/b9-5+,12-7?. The van der Waals surface area contributed by atoms with Gasteiger partial charge in [0.15, 0.2) is 5.76 Å². The van der Waals surface area contributed by atoms with Gasteiger partial charge in [0.05, 0.1) is 6.21 Å². The summed E-state index contributed by atoms with van der Waals surface area (Å²) >= 11 is 0. The summed E-state index contributed by atoms with van der Waals surface area (Å²) in [4.78, 5) is 7.86. The summed E-state index contributed by atoms with van der Waals surface area (Å²) in [5, 5.41) is 0. The summed E-state index contributed by atoms with van der Waals surface area (Å²) in [6.45, 7) is 1.96. The first-order valence-electron chi connectivity index (χ1n) is 4.21. The smallest absolute Gasteiger partial charge is 0.219 e. The second kappa shape index (κ2) is 5.01. The Morgan fingerprint density at radius 2 is 2.36 bits per heavy atom. The largest absolute Gasteiger partial charge is 0.436 e. The molecule has 0 spiro atoms. The molecule has 0 unspecified atom stereocenters. The molecular weight excluding hydrogens is 178 g/mol. The van der Waals surface area contributed by atoms with Gasteiger partial charge in [0.2, 0.25) is 5.88 Å². The number of allylic oxidation sites excluding steroid dienone is 1. The summed E-state index contributed by atoms with van der Waals surface area (Å²) in [6, 6.07) is 3.70. The molecule has 0 bridgehead atoms. The maximum absolute atomic E-state index is 5.33. The molecule has 0 aromatic carbocycles. The van der Waals surface area contributed by atoms with E-state index in [-0.39, 0.29) is 0 Å². The predicted molar refractivity (Wildman–Crippen MR) is 56.3 cm³/mol. The van der Waals surface area contributed by atoms with Gasteiger partial charge in [-0.25, -0.2) is 4.98 Å². The Kier molecular flexibility index (Phi) is 3.67. The topological polar surface area (TPSA) is 60.5 Å². The molecular formula is C10H13N3O. The highest BCUT2D eigenvalue weighted by molar-refractivity contribution is 5.76. The maximum Gasteiger partial charge on any atom is 0.219 e. The molecule has 0 aliphatic rings. The average molecular weight is 191 g/mol. The second-order valence-corrected chi connectivity index (χ2v) is 2.73. The van der Waals surface area contributed by atoms with Crippen molar-refractivity contribution in [2.24, 2.45) is 10.7 Å².